The van der Waals surface area contributed by atoms with Crippen molar-refractivity contribution in [3.63, 3.8) is 0 Å². The molecule has 2 aromatic carbocycles. The van der Waals surface area contributed by atoms with Crippen LogP contribution in [0, 0.1) is 20.8 Å². The Labute approximate surface area is 119 Å². The van der Waals surface area contributed by atoms with Gasteiger partial charge in [0.2, 0.25) is 0 Å². The zero-order chi connectivity index (χ0) is 14.1. The molecule has 0 aliphatic carbocycles. The van der Waals surface area contributed by atoms with E-state index in [1.807, 2.05) is 12.3 Å². The standard InChI is InChI=1S/C18H18N2/c1-13-11-14(2)17(15(3)12-13)20-10-9-19-18(20)16-7-5-4-6-8-16/h4-12H,1-3H3/p+1. The third kappa shape index (κ3) is 2.14. The largest absolute Gasteiger partial charge is 0.291 e. The van der Waals surface area contributed by atoms with Gasteiger partial charge >= 0.3 is 0 Å². The molecule has 100 valence electrons. The molecule has 1 N–H and O–H groups in total. The summed E-state index contributed by atoms with van der Waals surface area (Å²) in [5.41, 5.74) is 6.35. The Hall–Kier alpha value is -2.35. The van der Waals surface area contributed by atoms with Gasteiger partial charge in [-0.25, -0.2) is 4.98 Å². The average Bonchev–Trinajstić information content (AvgIpc) is 2.87. The van der Waals surface area contributed by atoms with Crippen molar-refractivity contribution in [3.05, 3.63) is 71.5 Å². The summed E-state index contributed by atoms with van der Waals surface area (Å²) in [4.78, 5) is 3.35. The van der Waals surface area contributed by atoms with Crippen LogP contribution in [0.15, 0.2) is 54.9 Å². The van der Waals surface area contributed by atoms with E-state index in [4.69, 9.17) is 0 Å². The summed E-state index contributed by atoms with van der Waals surface area (Å²) in [5, 5.41) is 0. The van der Waals surface area contributed by atoms with E-state index in [9.17, 15) is 0 Å². The number of aromatic amines is 1. The molecular formula is C18H19N2+. The number of H-pyrrole nitrogens is 1. The molecule has 1 heterocycles. The summed E-state index contributed by atoms with van der Waals surface area (Å²) in [6, 6.07) is 14.9. The third-order valence-electron chi connectivity index (χ3n) is 3.61. The molecule has 3 rings (SSSR count). The van der Waals surface area contributed by atoms with Gasteiger partial charge in [-0.05, 0) is 44.0 Å². The van der Waals surface area contributed by atoms with E-state index in [2.05, 4.69) is 72.9 Å². The van der Waals surface area contributed by atoms with Crippen LogP contribution in [0.2, 0.25) is 0 Å². The topological polar surface area (TPSA) is 19.7 Å². The molecule has 0 saturated carbocycles. The summed E-state index contributed by atoms with van der Waals surface area (Å²) < 4.78 is 2.24. The van der Waals surface area contributed by atoms with Gasteiger partial charge in [0.15, 0.2) is 0 Å². The fourth-order valence-electron chi connectivity index (χ4n) is 2.89. The maximum atomic E-state index is 3.35. The molecule has 0 spiro atoms. The number of benzene rings is 2. The van der Waals surface area contributed by atoms with Crippen molar-refractivity contribution in [1.82, 2.24) is 4.98 Å². The smallest absolute Gasteiger partial charge is 0.243 e. The minimum atomic E-state index is 1.11. The number of hydrogen-bond donors (Lipinski definition) is 1. The first-order valence-electron chi connectivity index (χ1n) is 6.89. The van der Waals surface area contributed by atoms with Gasteiger partial charge < -0.3 is 0 Å². The van der Waals surface area contributed by atoms with Gasteiger partial charge in [0, 0.05) is 0 Å². The van der Waals surface area contributed by atoms with E-state index < -0.39 is 0 Å². The first-order valence-corrected chi connectivity index (χ1v) is 6.89. The highest BCUT2D eigenvalue weighted by Crippen LogP contribution is 2.20. The second-order valence-electron chi connectivity index (χ2n) is 5.29. The number of aryl methyl sites for hydroxylation is 3. The third-order valence-corrected chi connectivity index (χ3v) is 3.61. The van der Waals surface area contributed by atoms with Crippen LogP contribution in [0.3, 0.4) is 0 Å². The molecule has 0 aliphatic heterocycles. The van der Waals surface area contributed by atoms with Crippen LogP contribution in [0.1, 0.15) is 16.7 Å². The Kier molecular flexibility index (Phi) is 3.15. The Balaban J connectivity index is 2.21. The van der Waals surface area contributed by atoms with Crippen LogP contribution in [0.25, 0.3) is 17.1 Å². The van der Waals surface area contributed by atoms with Crippen molar-refractivity contribution in [3.8, 4) is 17.1 Å². The molecule has 2 nitrogen and oxygen atoms in total. The molecule has 0 atom stereocenters. The van der Waals surface area contributed by atoms with Crippen LogP contribution in [-0.4, -0.2) is 4.98 Å². The highest BCUT2D eigenvalue weighted by Gasteiger charge is 2.18. The second-order valence-corrected chi connectivity index (χ2v) is 5.29. The monoisotopic (exact) mass is 263 g/mol. The van der Waals surface area contributed by atoms with Gasteiger partial charge in [-0.2, -0.15) is 4.57 Å². The predicted molar refractivity (Wildman–Crippen MR) is 82.0 cm³/mol. The van der Waals surface area contributed by atoms with Crippen molar-refractivity contribution in [2.24, 2.45) is 0 Å². The van der Waals surface area contributed by atoms with Crippen LogP contribution in [-0.2, 0) is 0 Å². The molecule has 0 radical (unpaired) electrons. The van der Waals surface area contributed by atoms with E-state index in [0.717, 1.165) is 5.82 Å². The van der Waals surface area contributed by atoms with E-state index in [0.29, 0.717) is 0 Å². The minimum absolute atomic E-state index is 1.11. The van der Waals surface area contributed by atoms with Gasteiger partial charge in [-0.15, -0.1) is 0 Å². The van der Waals surface area contributed by atoms with E-state index in [1.165, 1.54) is 27.9 Å². The lowest BCUT2D eigenvalue weighted by Crippen LogP contribution is -2.33. The molecule has 1 aromatic heterocycles. The first-order chi connectivity index (χ1) is 9.66. The number of rotatable bonds is 2. The summed E-state index contributed by atoms with van der Waals surface area (Å²) in [7, 11) is 0. The van der Waals surface area contributed by atoms with Crippen molar-refractivity contribution in [2.75, 3.05) is 0 Å². The zero-order valence-corrected chi connectivity index (χ0v) is 12.1. The van der Waals surface area contributed by atoms with E-state index in [1.54, 1.807) is 0 Å². The van der Waals surface area contributed by atoms with Crippen LogP contribution in [0.4, 0.5) is 0 Å². The van der Waals surface area contributed by atoms with Crippen LogP contribution < -0.4 is 4.57 Å². The number of aromatic nitrogens is 2. The molecule has 0 unspecified atom stereocenters. The summed E-state index contributed by atoms with van der Waals surface area (Å²) in [6.45, 7) is 6.48. The molecule has 0 amide bonds. The lowest BCUT2D eigenvalue weighted by molar-refractivity contribution is -0.583. The van der Waals surface area contributed by atoms with Crippen molar-refractivity contribution in [2.45, 2.75) is 20.8 Å². The maximum absolute atomic E-state index is 3.35. The first kappa shape index (κ1) is 12.7. The van der Waals surface area contributed by atoms with Gasteiger partial charge in [0.05, 0.1) is 5.56 Å². The van der Waals surface area contributed by atoms with E-state index >= 15 is 0 Å². The maximum Gasteiger partial charge on any atom is 0.291 e. The average molecular weight is 263 g/mol. The van der Waals surface area contributed by atoms with Gasteiger partial charge in [0.1, 0.15) is 18.1 Å². The number of nitrogens with zero attached hydrogens (tertiary/aromatic N) is 1. The minimum Gasteiger partial charge on any atom is -0.243 e. The molecular weight excluding hydrogens is 244 g/mol. The fourth-order valence-corrected chi connectivity index (χ4v) is 2.89. The lowest BCUT2D eigenvalue weighted by atomic mass is 10.0. The van der Waals surface area contributed by atoms with Crippen molar-refractivity contribution >= 4 is 0 Å². The molecule has 2 heteroatoms. The quantitative estimate of drug-likeness (QED) is 0.677. The molecule has 0 aliphatic rings. The highest BCUT2D eigenvalue weighted by molar-refractivity contribution is 5.53. The zero-order valence-electron chi connectivity index (χ0n) is 12.1. The van der Waals surface area contributed by atoms with Crippen LogP contribution >= 0.6 is 0 Å². The van der Waals surface area contributed by atoms with Crippen molar-refractivity contribution < 1.29 is 4.57 Å². The number of hydrogen-bond acceptors (Lipinski definition) is 0. The predicted octanol–water partition coefficient (Wildman–Crippen LogP) is 3.88. The Morgan fingerprint density at radius 1 is 0.900 bits per heavy atom. The van der Waals surface area contributed by atoms with Crippen LogP contribution in [0.5, 0.6) is 0 Å². The Morgan fingerprint density at radius 2 is 1.55 bits per heavy atom. The highest BCUT2D eigenvalue weighted by atomic mass is 15.1. The lowest BCUT2D eigenvalue weighted by Gasteiger charge is -2.09. The second kappa shape index (κ2) is 4.97. The Morgan fingerprint density at radius 3 is 2.20 bits per heavy atom. The molecule has 3 aromatic rings. The van der Waals surface area contributed by atoms with Gasteiger partial charge in [-0.3, -0.25) is 0 Å². The fraction of sp³-hybridized carbons (Fsp3) is 0.167. The summed E-state index contributed by atoms with van der Waals surface area (Å²) >= 11 is 0. The SMILES string of the molecule is Cc1cc(C)c(-[n+]2cc[nH]c2-c2ccccc2)c(C)c1. The van der Waals surface area contributed by atoms with Gasteiger partial charge in [0.25, 0.3) is 5.82 Å². The Bertz CT molecular complexity index is 716. The summed E-state index contributed by atoms with van der Waals surface area (Å²) in [5.74, 6) is 1.11. The van der Waals surface area contributed by atoms with E-state index in [-0.39, 0.29) is 0 Å². The van der Waals surface area contributed by atoms with Gasteiger partial charge in [-0.1, -0.05) is 35.9 Å². The summed E-state index contributed by atoms with van der Waals surface area (Å²) in [6.07, 6.45) is 4.08. The number of nitrogens with one attached hydrogen (secondary N) is 1. The molecule has 0 bridgehead atoms. The molecule has 20 heavy (non-hydrogen) atoms. The van der Waals surface area contributed by atoms with Crippen molar-refractivity contribution in [1.29, 1.82) is 0 Å². The number of imidazole rings is 1. The molecule has 0 fully saturated rings. The molecule has 0 saturated heterocycles. The normalized spacial score (nSPS) is 10.8.